The fourth-order valence-corrected chi connectivity index (χ4v) is 6.72. The summed E-state index contributed by atoms with van der Waals surface area (Å²) in [7, 11) is 0. The summed E-state index contributed by atoms with van der Waals surface area (Å²) in [6, 6.07) is 2.99. The number of ether oxygens (including phenoxy) is 1. The average molecular weight is 624 g/mol. The molecule has 4 aromatic rings. The number of hydrogen-bond acceptors (Lipinski definition) is 8. The molecule has 0 bridgehead atoms. The quantitative estimate of drug-likeness (QED) is 0.338. The lowest BCUT2D eigenvalue weighted by molar-refractivity contribution is -0.137. The molecule has 42 heavy (non-hydrogen) atoms. The molecule has 6 rings (SSSR count). The number of rotatable bonds is 6. The van der Waals surface area contributed by atoms with E-state index < -0.39 is 35.8 Å². The average Bonchev–Trinajstić information content (AvgIpc) is 3.59. The summed E-state index contributed by atoms with van der Waals surface area (Å²) in [6.07, 6.45) is -4.39. The Morgan fingerprint density at radius 1 is 1.31 bits per heavy atom. The van der Waals surface area contributed by atoms with Crippen LogP contribution < -0.4 is 21.5 Å². The zero-order chi connectivity index (χ0) is 31.6. The molecule has 1 unspecified atom stereocenters. The SMILES string of the molecule is [2H]C1([2H])Cc2cc(-c3nc4n(C(C(N)=O)c5ccc(C(F)(F)F)cc5Cl)c(CC)c(N5CCNCC5)c(=O)n4n3)sc2CO1. The van der Waals surface area contributed by atoms with E-state index in [9.17, 15) is 22.8 Å². The molecule has 1 atom stereocenters. The Morgan fingerprint density at radius 3 is 2.74 bits per heavy atom. The number of primary amides is 1. The lowest BCUT2D eigenvalue weighted by atomic mass is 10.0. The Labute approximate surface area is 249 Å². The predicted octanol–water partition coefficient (Wildman–Crippen LogP) is 3.41. The van der Waals surface area contributed by atoms with Crippen molar-refractivity contribution in [1.82, 2.24) is 24.5 Å². The summed E-state index contributed by atoms with van der Waals surface area (Å²) in [5.74, 6) is -0.816. The van der Waals surface area contributed by atoms with Crippen molar-refractivity contribution in [2.24, 2.45) is 5.73 Å². The van der Waals surface area contributed by atoms with Crippen LogP contribution >= 0.6 is 22.9 Å². The monoisotopic (exact) mass is 623 g/mol. The number of carbonyl (C=O) groups excluding carboxylic acids is 1. The van der Waals surface area contributed by atoms with Crippen LogP contribution in [0.25, 0.3) is 16.5 Å². The number of halogens is 4. The largest absolute Gasteiger partial charge is 0.416 e. The fourth-order valence-electron chi connectivity index (χ4n) is 5.41. The van der Waals surface area contributed by atoms with Gasteiger partial charge in [0.25, 0.3) is 5.56 Å². The Morgan fingerprint density at radius 2 is 2.07 bits per heavy atom. The molecule has 2 aliphatic rings. The maximum absolute atomic E-state index is 14.1. The van der Waals surface area contributed by atoms with Crippen LogP contribution in [-0.4, -0.2) is 57.8 Å². The number of hydrogen-bond donors (Lipinski definition) is 2. The van der Waals surface area contributed by atoms with Crippen LogP contribution in [0.4, 0.5) is 18.9 Å². The van der Waals surface area contributed by atoms with Gasteiger partial charge in [-0.1, -0.05) is 24.6 Å². The predicted molar refractivity (Wildman–Crippen MR) is 152 cm³/mol. The Bertz CT molecular complexity index is 1840. The molecule has 3 N–H and O–H groups in total. The minimum atomic E-state index is -4.66. The van der Waals surface area contributed by atoms with Gasteiger partial charge >= 0.3 is 6.18 Å². The van der Waals surface area contributed by atoms with Crippen molar-refractivity contribution >= 4 is 40.3 Å². The number of amides is 1. The molecule has 0 spiro atoms. The number of benzene rings is 1. The Kier molecular flexibility index (Phi) is 6.85. The van der Waals surface area contributed by atoms with E-state index in [2.05, 4.69) is 15.4 Å². The molecule has 0 aliphatic carbocycles. The van der Waals surface area contributed by atoms with E-state index in [-0.39, 0.29) is 47.3 Å². The first-order valence-corrected chi connectivity index (χ1v) is 14.4. The Balaban J connectivity index is 1.61. The minimum absolute atomic E-state index is 0.00851. The van der Waals surface area contributed by atoms with Crippen LogP contribution in [0.3, 0.4) is 0 Å². The highest BCUT2D eigenvalue weighted by Crippen LogP contribution is 2.37. The summed E-state index contributed by atoms with van der Waals surface area (Å²) in [5.41, 5.74) is 5.89. The summed E-state index contributed by atoms with van der Waals surface area (Å²) < 4.78 is 64.1. The number of fused-ring (bicyclic) bond motifs is 2. The van der Waals surface area contributed by atoms with E-state index in [0.29, 0.717) is 36.8 Å². The van der Waals surface area contributed by atoms with Gasteiger partial charge in [0, 0.05) is 41.6 Å². The van der Waals surface area contributed by atoms with Crippen molar-refractivity contribution in [3.8, 4) is 10.7 Å². The molecule has 2 aliphatic heterocycles. The number of thiophene rings is 1. The number of nitrogens with one attached hydrogen (secondary N) is 1. The molecule has 0 saturated carbocycles. The molecular formula is C27H27ClF3N7O3S. The van der Waals surface area contributed by atoms with Crippen molar-refractivity contribution in [2.75, 3.05) is 37.6 Å². The molecule has 1 aromatic carbocycles. The molecule has 0 radical (unpaired) electrons. The first-order valence-electron chi connectivity index (χ1n) is 14.2. The number of nitrogens with two attached hydrogens (primary N) is 1. The highest BCUT2D eigenvalue weighted by atomic mass is 35.5. The van der Waals surface area contributed by atoms with Crippen LogP contribution in [0.5, 0.6) is 0 Å². The van der Waals surface area contributed by atoms with Gasteiger partial charge in [-0.05, 0) is 36.6 Å². The maximum atomic E-state index is 14.1. The minimum Gasteiger partial charge on any atom is -0.376 e. The van der Waals surface area contributed by atoms with Gasteiger partial charge in [0.05, 0.1) is 32.0 Å². The van der Waals surface area contributed by atoms with Crippen LogP contribution in [-0.2, 0) is 35.2 Å². The summed E-state index contributed by atoms with van der Waals surface area (Å²) in [6.45, 7) is 2.20. The molecule has 3 aromatic heterocycles. The van der Waals surface area contributed by atoms with E-state index in [1.54, 1.807) is 13.0 Å². The van der Waals surface area contributed by atoms with Gasteiger partial charge in [0.2, 0.25) is 11.7 Å². The third-order valence-electron chi connectivity index (χ3n) is 7.37. The van der Waals surface area contributed by atoms with Gasteiger partial charge in [-0.3, -0.25) is 14.2 Å². The third-order valence-corrected chi connectivity index (χ3v) is 8.84. The second-order valence-electron chi connectivity index (χ2n) is 9.92. The van der Waals surface area contributed by atoms with Crippen molar-refractivity contribution in [2.45, 2.75) is 38.6 Å². The molecule has 1 amide bonds. The zero-order valence-corrected chi connectivity index (χ0v) is 23.9. The van der Waals surface area contributed by atoms with E-state index in [4.69, 9.17) is 24.8 Å². The number of alkyl halides is 3. The molecule has 5 heterocycles. The highest BCUT2D eigenvalue weighted by Gasteiger charge is 2.35. The number of nitrogens with zero attached hydrogens (tertiary/aromatic N) is 5. The van der Waals surface area contributed by atoms with Gasteiger partial charge in [-0.15, -0.1) is 16.4 Å². The first kappa shape index (κ1) is 26.2. The van der Waals surface area contributed by atoms with Crippen molar-refractivity contribution in [1.29, 1.82) is 0 Å². The van der Waals surface area contributed by atoms with Gasteiger partial charge < -0.3 is 20.7 Å². The molecule has 10 nitrogen and oxygen atoms in total. The maximum Gasteiger partial charge on any atom is 0.416 e. The lowest BCUT2D eigenvalue weighted by Crippen LogP contribution is -2.47. The van der Waals surface area contributed by atoms with Crippen LogP contribution in [0.1, 0.15) is 43.0 Å². The second kappa shape index (κ2) is 11.0. The van der Waals surface area contributed by atoms with Gasteiger partial charge in [0.15, 0.2) is 5.82 Å². The molecule has 15 heteroatoms. The van der Waals surface area contributed by atoms with Crippen LogP contribution in [0, 0.1) is 0 Å². The molecule has 222 valence electrons. The van der Waals surface area contributed by atoms with Crippen molar-refractivity contribution < 1.29 is 25.4 Å². The van der Waals surface area contributed by atoms with E-state index in [0.717, 1.165) is 33.2 Å². The number of anilines is 1. The van der Waals surface area contributed by atoms with Crippen molar-refractivity contribution in [3.05, 3.63) is 66.9 Å². The smallest absolute Gasteiger partial charge is 0.376 e. The number of aromatic nitrogens is 4. The van der Waals surface area contributed by atoms with E-state index in [1.807, 2.05) is 4.90 Å². The molecular weight excluding hydrogens is 595 g/mol. The lowest BCUT2D eigenvalue weighted by Gasteiger charge is -2.32. The van der Waals surface area contributed by atoms with Crippen molar-refractivity contribution in [3.63, 3.8) is 0 Å². The van der Waals surface area contributed by atoms with Crippen LogP contribution in [0.15, 0.2) is 29.1 Å². The second-order valence-corrected chi connectivity index (χ2v) is 11.5. The van der Waals surface area contributed by atoms with E-state index in [1.165, 1.54) is 15.9 Å². The normalized spacial score (nSPS) is 18.5. The molecule has 1 saturated heterocycles. The summed E-state index contributed by atoms with van der Waals surface area (Å²) in [5, 5.41) is 7.44. The standard InChI is InChI=1S/C27H27ClF3N7O3S/c1-2-18-22(36-8-6-33-7-9-36)25(40)38-26(34-24(35-38)19-11-14-5-10-41-13-20(14)42-19)37(18)21(23(32)39)16-4-3-15(12-17(16)28)27(29,30)31/h3-4,11-12,21,33H,2,5-10,13H2,1H3,(H2,32,39)/i10D2. The third kappa shape index (κ3) is 4.95. The van der Waals surface area contributed by atoms with Crippen LogP contribution in [0.2, 0.25) is 5.02 Å². The Hall–Kier alpha value is -3.46. The summed E-state index contributed by atoms with van der Waals surface area (Å²) >= 11 is 7.68. The fraction of sp³-hybridized carbons (Fsp3) is 0.407. The highest BCUT2D eigenvalue weighted by molar-refractivity contribution is 7.15. The molecule has 1 fully saturated rings. The first-order chi connectivity index (χ1) is 20.8. The number of carbonyl (C=O) groups is 1. The number of piperazine rings is 1. The van der Waals surface area contributed by atoms with E-state index >= 15 is 0 Å². The van der Waals surface area contributed by atoms with Gasteiger partial charge in [-0.2, -0.15) is 22.7 Å². The topological polar surface area (TPSA) is 120 Å². The zero-order valence-electron chi connectivity index (χ0n) is 24.3. The van der Waals surface area contributed by atoms with Gasteiger partial charge in [0.1, 0.15) is 11.7 Å². The van der Waals surface area contributed by atoms with Gasteiger partial charge in [-0.25, -0.2) is 0 Å². The number of aryl methyl sites for hydroxylation is 1. The summed E-state index contributed by atoms with van der Waals surface area (Å²) in [4.78, 5) is 35.2.